The summed E-state index contributed by atoms with van der Waals surface area (Å²) >= 11 is 0. The number of nitrogens with one attached hydrogen (secondary N) is 1. The van der Waals surface area contributed by atoms with Crippen molar-refractivity contribution in [3.63, 3.8) is 0 Å². The summed E-state index contributed by atoms with van der Waals surface area (Å²) in [4.78, 5) is 0. The molecule has 5 nitrogen and oxygen atoms in total. The number of hydrogen-bond acceptors (Lipinski definition) is 3. The van der Waals surface area contributed by atoms with Gasteiger partial charge in [-0.05, 0) is 57.2 Å². The van der Waals surface area contributed by atoms with Crippen molar-refractivity contribution in [1.29, 1.82) is 0 Å². The molecule has 0 aliphatic heterocycles. The number of nitrogens with zero attached hydrogens (tertiary/aromatic N) is 1. The van der Waals surface area contributed by atoms with Crippen LogP contribution in [0.3, 0.4) is 0 Å². The summed E-state index contributed by atoms with van der Waals surface area (Å²) < 4.78 is 26.4. The van der Waals surface area contributed by atoms with Crippen molar-refractivity contribution in [3.8, 4) is 0 Å². The van der Waals surface area contributed by atoms with Crippen LogP contribution in [0.4, 0.5) is 5.69 Å². The third-order valence-electron chi connectivity index (χ3n) is 5.46. The first-order valence-corrected chi connectivity index (χ1v) is 12.2. The van der Waals surface area contributed by atoms with Gasteiger partial charge in [-0.1, -0.05) is 25.5 Å². The first-order chi connectivity index (χ1) is 12.7. The summed E-state index contributed by atoms with van der Waals surface area (Å²) in [6.07, 6.45) is 6.93. The van der Waals surface area contributed by atoms with E-state index in [2.05, 4.69) is 31.6 Å². The molecule has 2 N–H and O–H groups in total. The monoisotopic (exact) mass is 478 g/mol. The maximum Gasteiger partial charge on any atom is 0.229 e. The maximum absolute atomic E-state index is 11.4. The molecular formula is C21H39BrN2O3S. The first kappa shape index (κ1) is 27.4. The summed E-state index contributed by atoms with van der Waals surface area (Å²) in [5, 5.41) is 9.97. The summed E-state index contributed by atoms with van der Waals surface area (Å²) in [5.41, 5.74) is 1.79. The van der Waals surface area contributed by atoms with Crippen LogP contribution in [-0.4, -0.2) is 56.5 Å². The topological polar surface area (TPSA) is 66.4 Å². The van der Waals surface area contributed by atoms with Crippen molar-refractivity contribution in [2.75, 3.05) is 37.2 Å². The molecule has 0 heterocycles. The lowest BCUT2D eigenvalue weighted by Gasteiger charge is -2.37. The third kappa shape index (κ3) is 10.8. The second-order valence-electron chi connectivity index (χ2n) is 7.68. The van der Waals surface area contributed by atoms with Crippen molar-refractivity contribution in [2.24, 2.45) is 0 Å². The summed E-state index contributed by atoms with van der Waals surface area (Å²) in [6, 6.07) is 7.67. The highest BCUT2D eigenvalue weighted by Gasteiger charge is 2.22. The zero-order valence-corrected chi connectivity index (χ0v) is 20.4. The third-order valence-corrected chi connectivity index (χ3v) is 6.07. The number of sulfonamides is 1. The van der Waals surface area contributed by atoms with E-state index >= 15 is 0 Å². The van der Waals surface area contributed by atoms with Crippen molar-refractivity contribution >= 4 is 15.7 Å². The van der Waals surface area contributed by atoms with Crippen LogP contribution in [0.2, 0.25) is 0 Å². The number of anilines is 1. The normalized spacial score (nSPS) is 13.0. The zero-order valence-electron chi connectivity index (χ0n) is 18.0. The van der Waals surface area contributed by atoms with Crippen LogP contribution in [0.5, 0.6) is 0 Å². The number of benzene rings is 1. The van der Waals surface area contributed by atoms with Gasteiger partial charge in [-0.2, -0.15) is 0 Å². The standard InChI is InChI=1S/C21H39N2O3S.BrH/c1-5-11-21(24)15-10-17-23(6-2,7-3)16-9-13-19-12-8-14-20(18-19)22-27(4,25)26;/h8,12,14,18,21-22,24H,5-7,9-11,13,15-17H2,1-4H3;1H/q+1;/p-1. The highest BCUT2D eigenvalue weighted by Crippen LogP contribution is 2.17. The van der Waals surface area contributed by atoms with Gasteiger partial charge in [0.2, 0.25) is 10.0 Å². The molecule has 0 bridgehead atoms. The number of rotatable bonds is 14. The number of hydrogen-bond donors (Lipinski definition) is 2. The van der Waals surface area contributed by atoms with Crippen LogP contribution in [0, 0.1) is 0 Å². The van der Waals surface area contributed by atoms with Crippen LogP contribution < -0.4 is 21.7 Å². The van der Waals surface area contributed by atoms with Gasteiger partial charge in [-0.15, -0.1) is 0 Å². The Morgan fingerprint density at radius 2 is 1.71 bits per heavy atom. The lowest BCUT2D eigenvalue weighted by molar-refractivity contribution is -0.925. The molecule has 0 fully saturated rings. The Hall–Kier alpha value is -0.630. The fraction of sp³-hybridized carbons (Fsp3) is 0.714. The number of aliphatic hydroxyl groups is 1. The van der Waals surface area contributed by atoms with E-state index in [0.717, 1.165) is 74.8 Å². The van der Waals surface area contributed by atoms with Crippen LogP contribution in [0.1, 0.15) is 58.4 Å². The SMILES string of the molecule is CCCC(O)CCC[N+](CC)(CC)CCCc1cccc(NS(C)(=O)=O)c1.[Br-]. The Kier molecular flexibility index (Phi) is 13.3. The van der Waals surface area contributed by atoms with Gasteiger partial charge in [0.15, 0.2) is 0 Å². The van der Waals surface area contributed by atoms with Crippen molar-refractivity contribution in [2.45, 2.75) is 65.4 Å². The predicted octanol–water partition coefficient (Wildman–Crippen LogP) is 0.793. The molecule has 0 radical (unpaired) electrons. The quantitative estimate of drug-likeness (QED) is 0.388. The van der Waals surface area contributed by atoms with E-state index in [-0.39, 0.29) is 23.1 Å². The zero-order chi connectivity index (χ0) is 20.3. The average molecular weight is 480 g/mol. The molecule has 164 valence electrons. The lowest BCUT2D eigenvalue weighted by Crippen LogP contribution is -3.00. The molecule has 0 saturated carbocycles. The molecule has 0 aliphatic rings. The molecule has 0 aliphatic carbocycles. The van der Waals surface area contributed by atoms with E-state index in [4.69, 9.17) is 0 Å². The van der Waals surface area contributed by atoms with Crippen molar-refractivity contribution in [1.82, 2.24) is 0 Å². The van der Waals surface area contributed by atoms with Gasteiger partial charge >= 0.3 is 0 Å². The Balaban J connectivity index is 0.00000729. The Morgan fingerprint density at radius 1 is 1.07 bits per heavy atom. The lowest BCUT2D eigenvalue weighted by atomic mass is 10.1. The summed E-state index contributed by atoms with van der Waals surface area (Å²) in [7, 11) is -3.24. The van der Waals surface area contributed by atoms with Gasteiger partial charge in [0, 0.05) is 12.1 Å². The summed E-state index contributed by atoms with van der Waals surface area (Å²) in [6.45, 7) is 11.1. The van der Waals surface area contributed by atoms with Crippen LogP contribution in [0.25, 0.3) is 0 Å². The molecule has 0 saturated heterocycles. The minimum absolute atomic E-state index is 0. The van der Waals surface area contributed by atoms with Gasteiger partial charge in [-0.25, -0.2) is 8.42 Å². The first-order valence-electron chi connectivity index (χ1n) is 10.3. The fourth-order valence-corrected chi connectivity index (χ4v) is 4.29. The molecule has 0 aromatic heterocycles. The fourth-order valence-electron chi connectivity index (χ4n) is 3.73. The highest BCUT2D eigenvalue weighted by molar-refractivity contribution is 7.92. The molecule has 28 heavy (non-hydrogen) atoms. The van der Waals surface area contributed by atoms with Crippen molar-refractivity contribution < 1.29 is 35.0 Å². The minimum atomic E-state index is -3.24. The molecule has 1 unspecified atom stereocenters. The highest BCUT2D eigenvalue weighted by atomic mass is 79.9. The molecule has 7 heteroatoms. The average Bonchev–Trinajstić information content (AvgIpc) is 2.59. The van der Waals surface area contributed by atoms with Gasteiger partial charge < -0.3 is 26.6 Å². The predicted molar refractivity (Wildman–Crippen MR) is 114 cm³/mol. The smallest absolute Gasteiger partial charge is 0.229 e. The van der Waals surface area contributed by atoms with E-state index in [0.29, 0.717) is 5.69 Å². The molecule has 0 spiro atoms. The summed E-state index contributed by atoms with van der Waals surface area (Å²) in [5.74, 6) is 0. The molecule has 1 rings (SSSR count). The molecule has 0 amide bonds. The Labute approximate surface area is 182 Å². The number of aliphatic hydroxyl groups excluding tert-OH is 1. The van der Waals surface area contributed by atoms with Gasteiger partial charge in [0.05, 0.1) is 38.5 Å². The van der Waals surface area contributed by atoms with Crippen LogP contribution >= 0.6 is 0 Å². The molecular weight excluding hydrogens is 440 g/mol. The second-order valence-corrected chi connectivity index (χ2v) is 9.43. The van der Waals surface area contributed by atoms with Gasteiger partial charge in [0.25, 0.3) is 0 Å². The van der Waals surface area contributed by atoms with E-state index in [9.17, 15) is 13.5 Å². The number of aryl methyl sites for hydroxylation is 1. The Bertz CT molecular complexity index is 649. The van der Waals surface area contributed by atoms with Crippen molar-refractivity contribution in [3.05, 3.63) is 29.8 Å². The van der Waals surface area contributed by atoms with E-state index < -0.39 is 10.0 Å². The molecule has 1 atom stereocenters. The minimum Gasteiger partial charge on any atom is -1.00 e. The Morgan fingerprint density at radius 3 is 2.29 bits per heavy atom. The number of halogens is 1. The van der Waals surface area contributed by atoms with Crippen LogP contribution in [0.15, 0.2) is 24.3 Å². The van der Waals surface area contributed by atoms with Crippen LogP contribution in [-0.2, 0) is 16.4 Å². The van der Waals surface area contributed by atoms with E-state index in [1.807, 2.05) is 12.1 Å². The molecule has 1 aromatic rings. The largest absolute Gasteiger partial charge is 1.00 e. The van der Waals surface area contributed by atoms with E-state index in [1.165, 1.54) is 6.26 Å². The second kappa shape index (κ2) is 13.6. The molecule has 1 aromatic carbocycles. The van der Waals surface area contributed by atoms with Gasteiger partial charge in [0.1, 0.15) is 0 Å². The number of quaternary nitrogens is 1. The maximum atomic E-state index is 11.4. The van der Waals surface area contributed by atoms with Gasteiger partial charge in [-0.3, -0.25) is 4.72 Å². The van der Waals surface area contributed by atoms with E-state index in [1.54, 1.807) is 6.07 Å².